The molecule has 2 nitrogen and oxygen atoms in total. The van der Waals surface area contributed by atoms with Crippen molar-refractivity contribution < 1.29 is 9.13 Å². The Morgan fingerprint density at radius 3 is 2.83 bits per heavy atom. The highest BCUT2D eigenvalue weighted by Gasteiger charge is 2.08. The van der Waals surface area contributed by atoms with Gasteiger partial charge in [-0.05, 0) is 30.0 Å². The van der Waals surface area contributed by atoms with Gasteiger partial charge >= 0.3 is 0 Å². The van der Waals surface area contributed by atoms with E-state index in [1.165, 1.54) is 12.1 Å². The van der Waals surface area contributed by atoms with Crippen LogP contribution in [-0.4, -0.2) is 11.6 Å². The van der Waals surface area contributed by atoms with Crippen LogP contribution in [0.1, 0.15) is 37.8 Å². The van der Waals surface area contributed by atoms with Crippen molar-refractivity contribution in [1.29, 1.82) is 0 Å². The van der Waals surface area contributed by atoms with Crippen LogP contribution < -0.4 is 5.73 Å². The fourth-order valence-corrected chi connectivity index (χ4v) is 2.04. The number of nitrogens with two attached hydrogens (primary N) is 1. The second-order valence-corrected chi connectivity index (χ2v) is 5.01. The average Bonchev–Trinajstić information content (AvgIpc) is 2.31. The Hall–Kier alpha value is -1.00. The van der Waals surface area contributed by atoms with Crippen LogP contribution in [0.5, 0.6) is 0 Å². The van der Waals surface area contributed by atoms with Gasteiger partial charge in [-0.2, -0.15) is 0 Å². The molecule has 0 spiro atoms. The van der Waals surface area contributed by atoms with Crippen molar-refractivity contribution in [2.45, 2.75) is 33.3 Å². The van der Waals surface area contributed by atoms with E-state index >= 15 is 0 Å². The number of hydrogen-bond donors (Lipinski definition) is 1. The van der Waals surface area contributed by atoms with Gasteiger partial charge in [0.1, 0.15) is 10.8 Å². The summed E-state index contributed by atoms with van der Waals surface area (Å²) in [6, 6.07) is 4.43. The molecule has 0 bridgehead atoms. The highest BCUT2D eigenvalue weighted by molar-refractivity contribution is 7.80. The van der Waals surface area contributed by atoms with E-state index in [0.29, 0.717) is 24.7 Å². The summed E-state index contributed by atoms with van der Waals surface area (Å²) < 4.78 is 18.7. The van der Waals surface area contributed by atoms with E-state index in [0.717, 1.165) is 18.4 Å². The van der Waals surface area contributed by atoms with E-state index in [-0.39, 0.29) is 10.8 Å². The van der Waals surface area contributed by atoms with Gasteiger partial charge in [0, 0.05) is 12.2 Å². The van der Waals surface area contributed by atoms with Crippen molar-refractivity contribution in [3.8, 4) is 0 Å². The number of hydrogen-bond acceptors (Lipinski definition) is 2. The molecule has 2 N–H and O–H groups in total. The maximum absolute atomic E-state index is 13.1. The summed E-state index contributed by atoms with van der Waals surface area (Å²) in [6.07, 6.45) is 2.30. The maximum atomic E-state index is 13.1. The minimum Gasteiger partial charge on any atom is -0.389 e. The van der Waals surface area contributed by atoms with Crippen LogP contribution in [0.2, 0.25) is 0 Å². The van der Waals surface area contributed by atoms with Crippen LogP contribution in [0.4, 0.5) is 4.39 Å². The molecule has 0 heterocycles. The number of ether oxygens (including phenoxy) is 1. The van der Waals surface area contributed by atoms with Crippen molar-refractivity contribution in [2.24, 2.45) is 11.7 Å². The zero-order valence-corrected chi connectivity index (χ0v) is 11.7. The Morgan fingerprint density at radius 1 is 1.50 bits per heavy atom. The van der Waals surface area contributed by atoms with Crippen molar-refractivity contribution >= 4 is 17.2 Å². The van der Waals surface area contributed by atoms with E-state index in [9.17, 15) is 4.39 Å². The molecule has 0 saturated carbocycles. The molecule has 0 fully saturated rings. The normalized spacial score (nSPS) is 12.4. The number of halogens is 1. The van der Waals surface area contributed by atoms with E-state index < -0.39 is 0 Å². The van der Waals surface area contributed by atoms with Gasteiger partial charge in [0.2, 0.25) is 0 Å². The average molecular weight is 269 g/mol. The molecule has 100 valence electrons. The molecular formula is C14H20FNOS. The first-order valence-electron chi connectivity index (χ1n) is 6.20. The zero-order valence-electron chi connectivity index (χ0n) is 10.9. The Labute approximate surface area is 113 Å². The molecule has 0 aliphatic heterocycles. The third-order valence-electron chi connectivity index (χ3n) is 2.78. The summed E-state index contributed by atoms with van der Waals surface area (Å²) >= 11 is 4.91. The smallest absolute Gasteiger partial charge is 0.123 e. The van der Waals surface area contributed by atoms with Crippen molar-refractivity contribution in [1.82, 2.24) is 0 Å². The monoisotopic (exact) mass is 269 g/mol. The molecule has 18 heavy (non-hydrogen) atoms. The van der Waals surface area contributed by atoms with Crippen LogP contribution >= 0.6 is 12.2 Å². The van der Waals surface area contributed by atoms with E-state index in [1.807, 2.05) is 0 Å². The Kier molecular flexibility index (Phi) is 6.22. The highest BCUT2D eigenvalue weighted by atomic mass is 32.1. The largest absolute Gasteiger partial charge is 0.389 e. The Morgan fingerprint density at radius 2 is 2.22 bits per heavy atom. The number of benzene rings is 1. The Balaban J connectivity index is 2.59. The molecule has 0 aliphatic carbocycles. The third kappa shape index (κ3) is 4.70. The minimum atomic E-state index is -0.332. The van der Waals surface area contributed by atoms with Gasteiger partial charge in [0.25, 0.3) is 0 Å². The molecule has 1 aromatic rings. The van der Waals surface area contributed by atoms with E-state index in [4.69, 9.17) is 22.7 Å². The molecule has 1 atom stereocenters. The highest BCUT2D eigenvalue weighted by Crippen LogP contribution is 2.14. The lowest BCUT2D eigenvalue weighted by Crippen LogP contribution is -2.14. The van der Waals surface area contributed by atoms with Crippen LogP contribution in [0, 0.1) is 11.7 Å². The summed E-state index contributed by atoms with van der Waals surface area (Å²) in [5.41, 5.74) is 6.98. The third-order valence-corrected chi connectivity index (χ3v) is 3.00. The fourth-order valence-electron chi connectivity index (χ4n) is 1.85. The Bertz CT molecular complexity index is 409. The van der Waals surface area contributed by atoms with Gasteiger partial charge in [0.05, 0.1) is 6.61 Å². The van der Waals surface area contributed by atoms with Gasteiger partial charge in [0.15, 0.2) is 0 Å². The lowest BCUT2D eigenvalue weighted by atomic mass is 10.1. The van der Waals surface area contributed by atoms with Gasteiger partial charge in [-0.1, -0.05) is 38.6 Å². The summed E-state index contributed by atoms with van der Waals surface area (Å²) in [5, 5.41) is 0. The van der Waals surface area contributed by atoms with Gasteiger partial charge in [-0.3, -0.25) is 0 Å². The van der Waals surface area contributed by atoms with Crippen molar-refractivity contribution in [2.75, 3.05) is 6.61 Å². The fraction of sp³-hybridized carbons (Fsp3) is 0.500. The first-order valence-corrected chi connectivity index (χ1v) is 6.61. The van der Waals surface area contributed by atoms with Crippen molar-refractivity contribution in [3.05, 3.63) is 35.1 Å². The molecular weight excluding hydrogens is 249 g/mol. The molecule has 1 aromatic carbocycles. The quantitative estimate of drug-likeness (QED) is 0.770. The molecule has 1 unspecified atom stereocenters. The van der Waals surface area contributed by atoms with E-state index in [1.54, 1.807) is 6.07 Å². The summed E-state index contributed by atoms with van der Waals surface area (Å²) in [7, 11) is 0. The first kappa shape index (κ1) is 15.1. The second kappa shape index (κ2) is 7.44. The summed E-state index contributed by atoms with van der Waals surface area (Å²) in [4.78, 5) is 0.203. The maximum Gasteiger partial charge on any atom is 0.123 e. The lowest BCUT2D eigenvalue weighted by molar-refractivity contribution is 0.0892. The van der Waals surface area contributed by atoms with Crippen LogP contribution in [0.25, 0.3) is 0 Å². The predicted molar refractivity (Wildman–Crippen MR) is 76.0 cm³/mol. The molecule has 0 saturated heterocycles. The zero-order chi connectivity index (χ0) is 13.5. The van der Waals surface area contributed by atoms with Gasteiger partial charge < -0.3 is 10.5 Å². The van der Waals surface area contributed by atoms with Crippen molar-refractivity contribution in [3.63, 3.8) is 0 Å². The predicted octanol–water partition coefficient (Wildman–Crippen LogP) is 3.41. The van der Waals surface area contributed by atoms with Crippen LogP contribution in [0.3, 0.4) is 0 Å². The van der Waals surface area contributed by atoms with E-state index in [2.05, 4.69) is 13.8 Å². The molecule has 0 radical (unpaired) electrons. The topological polar surface area (TPSA) is 35.2 Å². The lowest BCUT2D eigenvalue weighted by Gasteiger charge is -2.13. The summed E-state index contributed by atoms with van der Waals surface area (Å²) in [5.74, 6) is 0.199. The van der Waals surface area contributed by atoms with Crippen LogP contribution in [-0.2, 0) is 11.3 Å². The van der Waals surface area contributed by atoms with Gasteiger partial charge in [-0.15, -0.1) is 0 Å². The SMILES string of the molecule is CCCC(C)COCc1ccc(F)cc1C(N)=S. The van der Waals surface area contributed by atoms with Gasteiger partial charge in [-0.25, -0.2) is 4.39 Å². The molecule has 0 aliphatic rings. The number of rotatable bonds is 7. The second-order valence-electron chi connectivity index (χ2n) is 4.57. The number of thiocarbonyl (C=S) groups is 1. The summed E-state index contributed by atoms with van der Waals surface area (Å²) in [6.45, 7) is 5.42. The molecule has 0 amide bonds. The first-order chi connectivity index (χ1) is 8.54. The molecule has 1 rings (SSSR count). The minimum absolute atomic E-state index is 0.203. The molecule has 4 heteroatoms. The van der Waals surface area contributed by atoms with Crippen LogP contribution in [0.15, 0.2) is 18.2 Å². The standard InChI is InChI=1S/C14H20FNOS/c1-3-4-10(2)8-17-9-11-5-6-12(15)7-13(11)14(16)18/h5-7,10H,3-4,8-9H2,1-2H3,(H2,16,18). The molecule has 0 aromatic heterocycles.